The molecule has 1 aromatic heterocycles. The zero-order valence-electron chi connectivity index (χ0n) is 14.3. The van der Waals surface area contributed by atoms with Crippen LogP contribution in [0.2, 0.25) is 5.02 Å². The lowest BCUT2D eigenvalue weighted by molar-refractivity contribution is 0.0747. The molecule has 134 valence electrons. The molecule has 2 heterocycles. The Bertz CT molecular complexity index is 934. The first-order valence-corrected chi connectivity index (χ1v) is 9.58. The molecule has 0 unspecified atom stereocenters. The Hall–Kier alpha value is -2.31. The fourth-order valence-corrected chi connectivity index (χ4v) is 4.25. The van der Waals surface area contributed by atoms with Crippen LogP contribution < -0.4 is 9.64 Å². The first-order valence-electron chi connectivity index (χ1n) is 8.39. The topological polar surface area (TPSA) is 45.7 Å². The number of nitrogens with zero attached hydrogens (tertiary/aromatic N) is 3. The third-order valence-electron chi connectivity index (χ3n) is 4.52. The highest BCUT2D eigenvalue weighted by Crippen LogP contribution is 2.34. The Kier molecular flexibility index (Phi) is 4.70. The Labute approximate surface area is 160 Å². The van der Waals surface area contributed by atoms with E-state index in [9.17, 15) is 4.79 Å². The molecular formula is C19H18ClN3O2S. The summed E-state index contributed by atoms with van der Waals surface area (Å²) in [5.41, 5.74) is 1.57. The number of fused-ring (bicyclic) bond motifs is 1. The van der Waals surface area contributed by atoms with Crippen molar-refractivity contribution in [3.05, 3.63) is 53.1 Å². The quantitative estimate of drug-likeness (QED) is 0.683. The summed E-state index contributed by atoms with van der Waals surface area (Å²) >= 11 is 7.56. The van der Waals surface area contributed by atoms with E-state index in [1.165, 1.54) is 0 Å². The average Bonchev–Trinajstić information content (AvgIpc) is 3.12. The number of hydrogen-bond donors (Lipinski definition) is 0. The molecule has 1 saturated heterocycles. The highest BCUT2D eigenvalue weighted by atomic mass is 35.5. The van der Waals surface area contributed by atoms with Crippen LogP contribution in [0.25, 0.3) is 10.2 Å². The van der Waals surface area contributed by atoms with Crippen molar-refractivity contribution in [3.8, 4) is 5.75 Å². The maximum Gasteiger partial charge on any atom is 0.253 e. The number of benzene rings is 2. The molecule has 3 aromatic rings. The van der Waals surface area contributed by atoms with Gasteiger partial charge in [0.1, 0.15) is 11.3 Å². The second kappa shape index (κ2) is 7.13. The highest BCUT2D eigenvalue weighted by molar-refractivity contribution is 7.22. The van der Waals surface area contributed by atoms with Crippen molar-refractivity contribution in [3.63, 3.8) is 0 Å². The Balaban J connectivity index is 1.46. The summed E-state index contributed by atoms with van der Waals surface area (Å²) in [6, 6.07) is 13.0. The highest BCUT2D eigenvalue weighted by Gasteiger charge is 2.24. The van der Waals surface area contributed by atoms with Crippen molar-refractivity contribution >= 4 is 44.2 Å². The molecule has 0 atom stereocenters. The standard InChI is InChI=1S/C19H18ClN3O2S/c1-25-15-3-2-4-16-17(15)21-19(26-16)23-11-9-22(10-12-23)18(24)13-5-7-14(20)8-6-13/h2-8H,9-12H2,1H3. The first-order chi connectivity index (χ1) is 12.7. The number of rotatable bonds is 3. The molecule has 1 fully saturated rings. The number of carbonyl (C=O) groups excluding carboxylic acids is 1. The van der Waals surface area contributed by atoms with Crippen LogP contribution in [0.5, 0.6) is 5.75 Å². The first kappa shape index (κ1) is 17.1. The van der Waals surface area contributed by atoms with E-state index in [1.54, 1.807) is 42.7 Å². The molecule has 0 spiro atoms. The molecule has 1 aliphatic heterocycles. The van der Waals surface area contributed by atoms with E-state index < -0.39 is 0 Å². The van der Waals surface area contributed by atoms with Gasteiger partial charge in [-0.3, -0.25) is 4.79 Å². The van der Waals surface area contributed by atoms with Gasteiger partial charge in [0.15, 0.2) is 5.13 Å². The minimum Gasteiger partial charge on any atom is -0.494 e. The summed E-state index contributed by atoms with van der Waals surface area (Å²) in [6.07, 6.45) is 0. The molecule has 26 heavy (non-hydrogen) atoms. The summed E-state index contributed by atoms with van der Waals surface area (Å²) < 4.78 is 6.51. The van der Waals surface area contributed by atoms with Gasteiger partial charge in [-0.15, -0.1) is 0 Å². The number of piperazine rings is 1. The number of para-hydroxylation sites is 1. The van der Waals surface area contributed by atoms with Gasteiger partial charge in [0, 0.05) is 36.8 Å². The fourth-order valence-electron chi connectivity index (χ4n) is 3.09. The van der Waals surface area contributed by atoms with Crippen molar-refractivity contribution in [1.29, 1.82) is 0 Å². The predicted octanol–water partition coefficient (Wildman–Crippen LogP) is 3.92. The van der Waals surface area contributed by atoms with Crippen LogP contribution in [0, 0.1) is 0 Å². The SMILES string of the molecule is COc1cccc2sc(N3CCN(C(=O)c4ccc(Cl)cc4)CC3)nc12. The van der Waals surface area contributed by atoms with E-state index in [1.807, 2.05) is 17.0 Å². The third kappa shape index (κ3) is 3.22. The molecule has 0 aliphatic carbocycles. The molecule has 0 radical (unpaired) electrons. The molecular weight excluding hydrogens is 370 g/mol. The summed E-state index contributed by atoms with van der Waals surface area (Å²) in [6.45, 7) is 2.88. The van der Waals surface area contributed by atoms with Crippen LogP contribution in [0.4, 0.5) is 5.13 Å². The second-order valence-corrected chi connectivity index (χ2v) is 7.54. The number of aromatic nitrogens is 1. The number of anilines is 1. The van der Waals surface area contributed by atoms with Gasteiger partial charge >= 0.3 is 0 Å². The lowest BCUT2D eigenvalue weighted by Gasteiger charge is -2.34. The van der Waals surface area contributed by atoms with Gasteiger partial charge in [0.05, 0.1) is 11.8 Å². The van der Waals surface area contributed by atoms with Crippen LogP contribution in [0.15, 0.2) is 42.5 Å². The maximum atomic E-state index is 12.6. The van der Waals surface area contributed by atoms with Crippen LogP contribution in [-0.2, 0) is 0 Å². The summed E-state index contributed by atoms with van der Waals surface area (Å²) in [4.78, 5) is 21.5. The zero-order chi connectivity index (χ0) is 18.1. The molecule has 1 amide bonds. The van der Waals surface area contributed by atoms with E-state index in [4.69, 9.17) is 21.3 Å². The number of methoxy groups -OCH3 is 1. The molecule has 4 rings (SSSR count). The van der Waals surface area contributed by atoms with Crippen molar-refractivity contribution in [2.75, 3.05) is 38.2 Å². The monoisotopic (exact) mass is 387 g/mol. The summed E-state index contributed by atoms with van der Waals surface area (Å²) in [7, 11) is 1.66. The molecule has 0 N–H and O–H groups in total. The number of thiazole rings is 1. The molecule has 7 heteroatoms. The van der Waals surface area contributed by atoms with Gasteiger partial charge in [-0.1, -0.05) is 29.0 Å². The largest absolute Gasteiger partial charge is 0.494 e. The van der Waals surface area contributed by atoms with Gasteiger partial charge in [-0.25, -0.2) is 4.98 Å². The fraction of sp³-hybridized carbons (Fsp3) is 0.263. The van der Waals surface area contributed by atoms with Crippen LogP contribution >= 0.6 is 22.9 Å². The minimum atomic E-state index is 0.0484. The van der Waals surface area contributed by atoms with Gasteiger partial charge in [-0.2, -0.15) is 0 Å². The van der Waals surface area contributed by atoms with Crippen molar-refractivity contribution < 1.29 is 9.53 Å². The lowest BCUT2D eigenvalue weighted by Crippen LogP contribution is -2.48. The van der Waals surface area contributed by atoms with E-state index in [0.29, 0.717) is 23.7 Å². The van der Waals surface area contributed by atoms with Crippen molar-refractivity contribution in [2.24, 2.45) is 0 Å². The van der Waals surface area contributed by atoms with Crippen LogP contribution in [0.3, 0.4) is 0 Å². The van der Waals surface area contributed by atoms with Crippen LogP contribution in [0.1, 0.15) is 10.4 Å². The molecule has 0 saturated carbocycles. The Morgan fingerprint density at radius 3 is 2.54 bits per heavy atom. The number of carbonyl (C=O) groups is 1. The summed E-state index contributed by atoms with van der Waals surface area (Å²) in [5.74, 6) is 0.842. The van der Waals surface area contributed by atoms with Gasteiger partial charge < -0.3 is 14.5 Å². The van der Waals surface area contributed by atoms with E-state index >= 15 is 0 Å². The maximum absolute atomic E-state index is 12.6. The third-order valence-corrected chi connectivity index (χ3v) is 5.85. The van der Waals surface area contributed by atoms with Gasteiger partial charge in [-0.05, 0) is 36.4 Å². The van der Waals surface area contributed by atoms with Crippen molar-refractivity contribution in [2.45, 2.75) is 0 Å². The predicted molar refractivity (Wildman–Crippen MR) is 106 cm³/mol. The normalized spacial score (nSPS) is 14.7. The number of halogens is 1. The van der Waals surface area contributed by atoms with Gasteiger partial charge in [0.25, 0.3) is 5.91 Å². The zero-order valence-corrected chi connectivity index (χ0v) is 15.9. The summed E-state index contributed by atoms with van der Waals surface area (Å²) in [5, 5.41) is 1.61. The van der Waals surface area contributed by atoms with E-state index in [2.05, 4.69) is 11.0 Å². The van der Waals surface area contributed by atoms with E-state index in [-0.39, 0.29) is 5.91 Å². The molecule has 0 bridgehead atoms. The molecule has 2 aromatic carbocycles. The average molecular weight is 388 g/mol. The van der Waals surface area contributed by atoms with Crippen LogP contribution in [-0.4, -0.2) is 49.1 Å². The van der Waals surface area contributed by atoms with Gasteiger partial charge in [0.2, 0.25) is 0 Å². The number of ether oxygens (including phenoxy) is 1. The number of hydrogen-bond acceptors (Lipinski definition) is 5. The minimum absolute atomic E-state index is 0.0484. The lowest BCUT2D eigenvalue weighted by atomic mass is 10.2. The molecule has 5 nitrogen and oxygen atoms in total. The molecule has 1 aliphatic rings. The van der Waals surface area contributed by atoms with E-state index in [0.717, 1.165) is 34.2 Å². The Morgan fingerprint density at radius 1 is 1.12 bits per heavy atom. The Morgan fingerprint density at radius 2 is 1.85 bits per heavy atom. The second-order valence-electron chi connectivity index (χ2n) is 6.09. The number of amides is 1. The van der Waals surface area contributed by atoms with Crippen molar-refractivity contribution in [1.82, 2.24) is 9.88 Å². The smallest absolute Gasteiger partial charge is 0.253 e.